The van der Waals surface area contributed by atoms with Gasteiger partial charge in [0.15, 0.2) is 0 Å². The van der Waals surface area contributed by atoms with Gasteiger partial charge in [-0.2, -0.15) is 0 Å². The van der Waals surface area contributed by atoms with E-state index in [9.17, 15) is 4.79 Å². The van der Waals surface area contributed by atoms with Gasteiger partial charge >= 0.3 is 0 Å². The molecule has 1 aromatic heterocycles. The van der Waals surface area contributed by atoms with Crippen LogP contribution in [0.4, 0.5) is 0 Å². The molecule has 1 unspecified atom stereocenters. The number of hydrogen-bond acceptors (Lipinski definition) is 2. The van der Waals surface area contributed by atoms with Gasteiger partial charge in [-0.1, -0.05) is 38.1 Å². The molecule has 112 valence electrons. The maximum absolute atomic E-state index is 12.6. The molecule has 0 aliphatic carbocycles. The highest BCUT2D eigenvalue weighted by Crippen LogP contribution is 2.18. The van der Waals surface area contributed by atoms with Gasteiger partial charge in [-0.15, -0.1) is 0 Å². The van der Waals surface area contributed by atoms with Crippen molar-refractivity contribution < 1.29 is 0 Å². The molecule has 0 aliphatic rings. The van der Waals surface area contributed by atoms with E-state index < -0.39 is 0 Å². The number of pyridine rings is 1. The Morgan fingerprint density at radius 3 is 2.33 bits per heavy atom. The molecule has 0 aliphatic heterocycles. The zero-order valence-electron chi connectivity index (χ0n) is 13.1. The number of nitrogens with zero attached hydrogens (tertiary/aromatic N) is 1. The minimum absolute atomic E-state index is 0.0314. The standard InChI is InChI=1S/C18H24N2O/c1-4-12-20-13(3)6-11-16(18(20)21)17(19)15-9-7-14(5-2)8-10-15/h6-11,17H,4-5,12,19H2,1-3H3. The van der Waals surface area contributed by atoms with Crippen LogP contribution in [-0.2, 0) is 13.0 Å². The van der Waals surface area contributed by atoms with Crippen molar-refractivity contribution in [1.29, 1.82) is 0 Å². The molecule has 3 heteroatoms. The molecule has 0 bridgehead atoms. The Balaban J connectivity index is 2.40. The van der Waals surface area contributed by atoms with Gasteiger partial charge < -0.3 is 10.3 Å². The lowest BCUT2D eigenvalue weighted by Crippen LogP contribution is -2.30. The van der Waals surface area contributed by atoms with E-state index in [2.05, 4.69) is 26.0 Å². The maximum Gasteiger partial charge on any atom is 0.255 e. The molecule has 2 N–H and O–H groups in total. The fourth-order valence-electron chi connectivity index (χ4n) is 2.57. The summed E-state index contributed by atoms with van der Waals surface area (Å²) in [4.78, 5) is 12.6. The van der Waals surface area contributed by atoms with Crippen LogP contribution in [0.25, 0.3) is 0 Å². The molecule has 0 amide bonds. The molecule has 21 heavy (non-hydrogen) atoms. The van der Waals surface area contributed by atoms with Gasteiger partial charge in [-0.25, -0.2) is 0 Å². The Morgan fingerprint density at radius 2 is 1.76 bits per heavy atom. The maximum atomic E-state index is 12.6. The third-order valence-corrected chi connectivity index (χ3v) is 3.95. The molecule has 1 aromatic carbocycles. The second kappa shape index (κ2) is 6.72. The third-order valence-electron chi connectivity index (χ3n) is 3.95. The van der Waals surface area contributed by atoms with E-state index in [1.54, 1.807) is 0 Å². The number of aromatic nitrogens is 1. The average Bonchev–Trinajstić information content (AvgIpc) is 2.51. The number of nitrogens with two attached hydrogens (primary N) is 1. The summed E-state index contributed by atoms with van der Waals surface area (Å²) < 4.78 is 1.82. The predicted octanol–water partition coefficient (Wildman–Crippen LogP) is 3.18. The summed E-state index contributed by atoms with van der Waals surface area (Å²) in [5, 5.41) is 0. The summed E-state index contributed by atoms with van der Waals surface area (Å²) in [6.45, 7) is 6.89. The van der Waals surface area contributed by atoms with E-state index in [1.165, 1.54) is 5.56 Å². The predicted molar refractivity (Wildman–Crippen MR) is 87.6 cm³/mol. The molecule has 0 saturated heterocycles. The van der Waals surface area contributed by atoms with Gasteiger partial charge in [0.2, 0.25) is 0 Å². The van der Waals surface area contributed by atoms with Crippen molar-refractivity contribution in [2.75, 3.05) is 0 Å². The summed E-state index contributed by atoms with van der Waals surface area (Å²) in [6, 6.07) is 11.7. The fourth-order valence-corrected chi connectivity index (χ4v) is 2.57. The van der Waals surface area contributed by atoms with Gasteiger partial charge in [0.1, 0.15) is 0 Å². The van der Waals surface area contributed by atoms with Crippen molar-refractivity contribution in [3.05, 3.63) is 69.1 Å². The van der Waals surface area contributed by atoms with Crippen molar-refractivity contribution >= 4 is 0 Å². The zero-order valence-corrected chi connectivity index (χ0v) is 13.1. The zero-order chi connectivity index (χ0) is 15.4. The van der Waals surface area contributed by atoms with E-state index in [4.69, 9.17) is 5.73 Å². The molecular formula is C18H24N2O. The number of rotatable bonds is 5. The van der Waals surface area contributed by atoms with Crippen LogP contribution in [0.15, 0.2) is 41.2 Å². The minimum Gasteiger partial charge on any atom is -0.320 e. The number of aryl methyl sites for hydroxylation is 2. The number of benzene rings is 1. The molecule has 1 heterocycles. The van der Waals surface area contributed by atoms with E-state index in [-0.39, 0.29) is 11.6 Å². The first-order chi connectivity index (χ1) is 10.1. The summed E-state index contributed by atoms with van der Waals surface area (Å²) >= 11 is 0. The van der Waals surface area contributed by atoms with Crippen LogP contribution in [0.2, 0.25) is 0 Å². The summed E-state index contributed by atoms with van der Waals surface area (Å²) in [7, 11) is 0. The quantitative estimate of drug-likeness (QED) is 0.916. The molecule has 0 saturated carbocycles. The van der Waals surface area contributed by atoms with Crippen LogP contribution >= 0.6 is 0 Å². The summed E-state index contributed by atoms with van der Waals surface area (Å²) in [6.07, 6.45) is 1.94. The molecule has 2 aromatic rings. The van der Waals surface area contributed by atoms with Crippen molar-refractivity contribution in [3.8, 4) is 0 Å². The van der Waals surface area contributed by atoms with Crippen LogP contribution in [0.5, 0.6) is 0 Å². The Kier molecular flexibility index (Phi) is 4.97. The smallest absolute Gasteiger partial charge is 0.255 e. The van der Waals surface area contributed by atoms with Gasteiger partial charge in [0.25, 0.3) is 5.56 Å². The van der Waals surface area contributed by atoms with E-state index in [0.29, 0.717) is 5.56 Å². The topological polar surface area (TPSA) is 48.0 Å². The lowest BCUT2D eigenvalue weighted by Gasteiger charge is -2.16. The van der Waals surface area contributed by atoms with Crippen LogP contribution in [0.1, 0.15) is 48.7 Å². The van der Waals surface area contributed by atoms with Crippen LogP contribution in [0.3, 0.4) is 0 Å². The largest absolute Gasteiger partial charge is 0.320 e. The molecule has 3 nitrogen and oxygen atoms in total. The first kappa shape index (κ1) is 15.5. The monoisotopic (exact) mass is 284 g/mol. The lowest BCUT2D eigenvalue weighted by molar-refractivity contribution is 0.623. The van der Waals surface area contributed by atoms with Gasteiger partial charge in [0, 0.05) is 17.8 Å². The highest BCUT2D eigenvalue weighted by molar-refractivity contribution is 5.32. The third kappa shape index (κ3) is 3.24. The Labute approximate surface area is 126 Å². The van der Waals surface area contributed by atoms with E-state index in [1.807, 2.05) is 35.8 Å². The normalized spacial score (nSPS) is 12.4. The highest BCUT2D eigenvalue weighted by atomic mass is 16.1. The first-order valence-electron chi connectivity index (χ1n) is 7.63. The van der Waals surface area contributed by atoms with Gasteiger partial charge in [-0.3, -0.25) is 4.79 Å². The molecule has 0 spiro atoms. The Bertz CT molecular complexity index is 656. The van der Waals surface area contributed by atoms with Crippen molar-refractivity contribution in [3.63, 3.8) is 0 Å². The Hall–Kier alpha value is -1.87. The second-order valence-electron chi connectivity index (χ2n) is 5.46. The molecule has 1 atom stereocenters. The lowest BCUT2D eigenvalue weighted by atomic mass is 9.99. The molecule has 0 fully saturated rings. The highest BCUT2D eigenvalue weighted by Gasteiger charge is 2.15. The molecule has 2 rings (SSSR count). The molecular weight excluding hydrogens is 260 g/mol. The Morgan fingerprint density at radius 1 is 1.10 bits per heavy atom. The average molecular weight is 284 g/mol. The summed E-state index contributed by atoms with van der Waals surface area (Å²) in [5.41, 5.74) is 10.3. The fraction of sp³-hybridized carbons (Fsp3) is 0.389. The SMILES string of the molecule is CCCn1c(C)ccc(C(N)c2ccc(CC)cc2)c1=O. The first-order valence-corrected chi connectivity index (χ1v) is 7.63. The van der Waals surface area contributed by atoms with Crippen LogP contribution in [-0.4, -0.2) is 4.57 Å². The van der Waals surface area contributed by atoms with E-state index >= 15 is 0 Å². The van der Waals surface area contributed by atoms with Crippen molar-refractivity contribution in [2.45, 2.75) is 46.2 Å². The molecule has 0 radical (unpaired) electrons. The van der Waals surface area contributed by atoms with Crippen LogP contribution in [0, 0.1) is 6.92 Å². The van der Waals surface area contributed by atoms with E-state index in [0.717, 1.165) is 30.6 Å². The van der Waals surface area contributed by atoms with Gasteiger partial charge in [0.05, 0.1) is 6.04 Å². The van der Waals surface area contributed by atoms with Gasteiger partial charge in [-0.05, 0) is 43.0 Å². The minimum atomic E-state index is -0.368. The van der Waals surface area contributed by atoms with Crippen molar-refractivity contribution in [1.82, 2.24) is 4.57 Å². The van der Waals surface area contributed by atoms with Crippen LogP contribution < -0.4 is 11.3 Å². The van der Waals surface area contributed by atoms with Crippen molar-refractivity contribution in [2.24, 2.45) is 5.73 Å². The second-order valence-corrected chi connectivity index (χ2v) is 5.46. The summed E-state index contributed by atoms with van der Waals surface area (Å²) in [5.74, 6) is 0. The number of hydrogen-bond donors (Lipinski definition) is 1.